The zero-order valence-electron chi connectivity index (χ0n) is 13.2. The summed E-state index contributed by atoms with van der Waals surface area (Å²) < 4.78 is 0. The molecule has 1 aromatic carbocycles. The first-order chi connectivity index (χ1) is 10.3. The Labute approximate surface area is 135 Å². The lowest BCUT2D eigenvalue weighted by atomic mass is 9.97. The molecule has 122 valence electrons. The summed E-state index contributed by atoms with van der Waals surface area (Å²) in [6, 6.07) is 4.31. The molecule has 0 saturated carbocycles. The zero-order valence-corrected chi connectivity index (χ0v) is 14.0. The van der Waals surface area contributed by atoms with Crippen molar-refractivity contribution in [3.8, 4) is 0 Å². The van der Waals surface area contributed by atoms with Crippen molar-refractivity contribution in [1.82, 2.24) is 5.32 Å². The van der Waals surface area contributed by atoms with Crippen molar-refractivity contribution >= 4 is 23.8 Å². The summed E-state index contributed by atoms with van der Waals surface area (Å²) >= 11 is 1.86. The van der Waals surface area contributed by atoms with Gasteiger partial charge in [0.1, 0.15) is 0 Å². The van der Waals surface area contributed by atoms with Gasteiger partial charge < -0.3 is 15.5 Å². The van der Waals surface area contributed by atoms with Crippen LogP contribution in [-0.2, 0) is 11.2 Å². The van der Waals surface area contributed by atoms with Crippen LogP contribution in [0.4, 0.5) is 4.79 Å². The summed E-state index contributed by atoms with van der Waals surface area (Å²) in [6.45, 7) is 6.28. The predicted octanol–water partition coefficient (Wildman–Crippen LogP) is 3.35. The number of amides is 1. The molecule has 1 aliphatic heterocycles. The van der Waals surface area contributed by atoms with E-state index in [0.717, 1.165) is 6.42 Å². The highest BCUT2D eigenvalue weighted by Gasteiger charge is 2.18. The van der Waals surface area contributed by atoms with Crippen molar-refractivity contribution in [2.24, 2.45) is 0 Å². The second-order valence-corrected chi connectivity index (χ2v) is 6.72. The number of benzene rings is 1. The second kappa shape index (κ2) is 8.68. The van der Waals surface area contributed by atoms with E-state index in [9.17, 15) is 4.79 Å². The molecule has 1 amide bonds. The zero-order chi connectivity index (χ0) is 16.7. The summed E-state index contributed by atoms with van der Waals surface area (Å²) in [5, 5.41) is 17.4. The van der Waals surface area contributed by atoms with Crippen LogP contribution in [0, 0.1) is 20.8 Å². The highest BCUT2D eigenvalue weighted by Crippen LogP contribution is 2.24. The lowest BCUT2D eigenvalue weighted by Gasteiger charge is -2.14. The Hall–Kier alpha value is -1.69. The topological polar surface area (TPSA) is 86.6 Å². The minimum absolute atomic E-state index is 0.157. The smallest absolute Gasteiger partial charge is 0.450 e. The maximum Gasteiger partial charge on any atom is 0.503 e. The molecule has 1 fully saturated rings. The highest BCUT2D eigenvalue weighted by molar-refractivity contribution is 8.00. The summed E-state index contributed by atoms with van der Waals surface area (Å²) in [5.41, 5.74) is 4.89. The summed E-state index contributed by atoms with van der Waals surface area (Å²) in [4.78, 5) is 20.6. The SMILES string of the molecule is Cc1cc(C)c(CC(=O)NC2CCCS2)c(C)c1.O=C(O)O. The van der Waals surface area contributed by atoms with Gasteiger partial charge in [0.05, 0.1) is 11.8 Å². The van der Waals surface area contributed by atoms with Crippen LogP contribution in [0.2, 0.25) is 0 Å². The number of nitrogens with one attached hydrogen (secondary N) is 1. The van der Waals surface area contributed by atoms with E-state index in [2.05, 4.69) is 38.2 Å². The van der Waals surface area contributed by atoms with Gasteiger partial charge in [-0.2, -0.15) is 0 Å². The molecule has 1 unspecified atom stereocenters. The fourth-order valence-corrected chi connectivity index (χ4v) is 3.74. The molecule has 1 heterocycles. The van der Waals surface area contributed by atoms with Crippen LogP contribution in [0.1, 0.15) is 35.1 Å². The summed E-state index contributed by atoms with van der Waals surface area (Å²) in [6.07, 6.45) is 1.01. The van der Waals surface area contributed by atoms with Crippen LogP contribution in [-0.4, -0.2) is 33.4 Å². The van der Waals surface area contributed by atoms with Crippen molar-refractivity contribution in [3.63, 3.8) is 0 Å². The van der Waals surface area contributed by atoms with E-state index in [1.54, 1.807) is 0 Å². The molecule has 3 N–H and O–H groups in total. The quantitative estimate of drug-likeness (QED) is 0.793. The Morgan fingerprint density at radius 2 is 1.77 bits per heavy atom. The van der Waals surface area contributed by atoms with Crippen molar-refractivity contribution < 1.29 is 19.8 Å². The normalized spacial score (nSPS) is 16.6. The van der Waals surface area contributed by atoms with Crippen molar-refractivity contribution in [3.05, 3.63) is 34.4 Å². The Balaban J connectivity index is 0.000000541. The average molecular weight is 325 g/mol. The molecule has 1 atom stereocenters. The number of carboxylic acid groups (broad SMARTS) is 2. The number of thioether (sulfide) groups is 1. The van der Waals surface area contributed by atoms with Gasteiger partial charge in [-0.05, 0) is 56.1 Å². The van der Waals surface area contributed by atoms with Crippen molar-refractivity contribution in [1.29, 1.82) is 0 Å². The monoisotopic (exact) mass is 325 g/mol. The maximum atomic E-state index is 12.0. The van der Waals surface area contributed by atoms with E-state index in [1.807, 2.05) is 11.8 Å². The number of carbonyl (C=O) groups excluding carboxylic acids is 1. The molecule has 2 rings (SSSR count). The van der Waals surface area contributed by atoms with Crippen LogP contribution in [0.25, 0.3) is 0 Å². The molecule has 0 radical (unpaired) electrons. The van der Waals surface area contributed by atoms with E-state index in [1.165, 1.54) is 34.4 Å². The van der Waals surface area contributed by atoms with E-state index in [-0.39, 0.29) is 5.91 Å². The van der Waals surface area contributed by atoms with Crippen LogP contribution in [0.15, 0.2) is 12.1 Å². The van der Waals surface area contributed by atoms with Gasteiger partial charge in [-0.25, -0.2) is 4.79 Å². The second-order valence-electron chi connectivity index (χ2n) is 5.41. The molecular formula is C16H23NO4S. The van der Waals surface area contributed by atoms with Gasteiger partial charge in [0.15, 0.2) is 0 Å². The van der Waals surface area contributed by atoms with E-state index in [0.29, 0.717) is 11.8 Å². The number of hydrogen-bond acceptors (Lipinski definition) is 3. The fraction of sp³-hybridized carbons (Fsp3) is 0.500. The Bertz CT molecular complexity index is 512. The molecule has 6 heteroatoms. The Kier molecular flexibility index (Phi) is 7.24. The van der Waals surface area contributed by atoms with Gasteiger partial charge >= 0.3 is 6.16 Å². The lowest BCUT2D eigenvalue weighted by molar-refractivity contribution is -0.120. The van der Waals surface area contributed by atoms with E-state index < -0.39 is 6.16 Å². The van der Waals surface area contributed by atoms with Gasteiger partial charge in [-0.15, -0.1) is 11.8 Å². The molecule has 22 heavy (non-hydrogen) atoms. The fourth-order valence-electron chi connectivity index (χ4n) is 2.57. The van der Waals surface area contributed by atoms with E-state index >= 15 is 0 Å². The third kappa shape index (κ3) is 6.39. The molecule has 0 aliphatic carbocycles. The first-order valence-corrected chi connectivity index (χ1v) is 8.24. The molecule has 0 spiro atoms. The Morgan fingerprint density at radius 1 is 1.23 bits per heavy atom. The predicted molar refractivity (Wildman–Crippen MR) is 88.6 cm³/mol. The van der Waals surface area contributed by atoms with Gasteiger partial charge in [0.2, 0.25) is 5.91 Å². The number of hydrogen-bond donors (Lipinski definition) is 3. The lowest BCUT2D eigenvalue weighted by Crippen LogP contribution is -2.32. The van der Waals surface area contributed by atoms with Gasteiger partial charge in [0, 0.05) is 0 Å². The first-order valence-electron chi connectivity index (χ1n) is 7.19. The van der Waals surface area contributed by atoms with Gasteiger partial charge in [0.25, 0.3) is 0 Å². The maximum absolute atomic E-state index is 12.0. The molecule has 0 bridgehead atoms. The molecule has 5 nitrogen and oxygen atoms in total. The average Bonchev–Trinajstić information content (AvgIpc) is 2.85. The number of aryl methyl sites for hydroxylation is 3. The van der Waals surface area contributed by atoms with Gasteiger partial charge in [-0.1, -0.05) is 17.7 Å². The third-order valence-corrected chi connectivity index (χ3v) is 4.71. The largest absolute Gasteiger partial charge is 0.503 e. The summed E-state index contributed by atoms with van der Waals surface area (Å²) in [7, 11) is 0. The van der Waals surface area contributed by atoms with Crippen LogP contribution < -0.4 is 5.32 Å². The first kappa shape index (κ1) is 18.4. The molecule has 1 aliphatic rings. The van der Waals surface area contributed by atoms with Crippen molar-refractivity contribution in [2.45, 2.75) is 45.4 Å². The summed E-state index contributed by atoms with van der Waals surface area (Å²) in [5.74, 6) is 1.33. The number of carbonyl (C=O) groups is 2. The van der Waals surface area contributed by atoms with Crippen molar-refractivity contribution in [2.75, 3.05) is 5.75 Å². The number of rotatable bonds is 3. The van der Waals surface area contributed by atoms with Gasteiger partial charge in [-0.3, -0.25) is 4.79 Å². The Morgan fingerprint density at radius 3 is 2.23 bits per heavy atom. The molecule has 1 saturated heterocycles. The molecule has 1 aromatic rings. The van der Waals surface area contributed by atoms with Crippen LogP contribution in [0.5, 0.6) is 0 Å². The molecular weight excluding hydrogens is 302 g/mol. The van der Waals surface area contributed by atoms with Crippen LogP contribution >= 0.6 is 11.8 Å². The van der Waals surface area contributed by atoms with Crippen LogP contribution in [0.3, 0.4) is 0 Å². The minimum atomic E-state index is -1.83. The highest BCUT2D eigenvalue weighted by atomic mass is 32.2. The minimum Gasteiger partial charge on any atom is -0.450 e. The van der Waals surface area contributed by atoms with E-state index in [4.69, 9.17) is 15.0 Å². The standard InChI is InChI=1S/C15H21NOS.CH2O3/c1-10-7-11(2)13(12(3)8-10)9-14(17)16-15-5-4-6-18-15;2-1(3)4/h7-8,15H,4-6,9H2,1-3H3,(H,16,17);(H2,2,3,4). The molecule has 0 aromatic heterocycles. The third-order valence-electron chi connectivity index (χ3n) is 3.43.